The lowest BCUT2D eigenvalue weighted by molar-refractivity contribution is -0.145. The third-order valence-corrected chi connectivity index (χ3v) is 7.82. The Morgan fingerprint density at radius 3 is 2.68 bits per heavy atom. The molecule has 0 saturated carbocycles. The number of carboxylic acid groups (broad SMARTS) is 1. The first-order valence-electron chi connectivity index (χ1n) is 6.97. The number of rotatable bonds is 4. The van der Waals surface area contributed by atoms with Crippen LogP contribution >= 0.6 is 39.5 Å². The molecule has 2 amide bonds. The number of hydrogen-bond acceptors (Lipinski definition) is 8. The van der Waals surface area contributed by atoms with Crippen molar-refractivity contribution in [2.45, 2.75) is 34.1 Å². The lowest BCUT2D eigenvalue weighted by Gasteiger charge is -2.52. The van der Waals surface area contributed by atoms with Crippen molar-refractivity contribution in [3.8, 4) is 0 Å². The largest absolute Gasteiger partial charge is 0.477 e. The van der Waals surface area contributed by atoms with E-state index in [9.17, 15) is 19.5 Å². The first-order valence-corrected chi connectivity index (χ1v) is 9.59. The highest BCUT2D eigenvalue weighted by Gasteiger charge is 2.58. The van der Waals surface area contributed by atoms with Crippen LogP contribution < -0.4 is 5.32 Å². The zero-order valence-electron chi connectivity index (χ0n) is 13.3. The number of β-lactam (4-membered cyclic amide) rings is 1. The molecule has 13 heteroatoms. The fraction of sp³-hybridized carbons (Fsp3) is 0.500. The molecule has 1 aromatic rings. The third kappa shape index (κ3) is 2.93. The van der Waals surface area contributed by atoms with Gasteiger partial charge in [0.25, 0.3) is 0 Å². The fourth-order valence-electron chi connectivity index (χ4n) is 2.58. The molecule has 2 unspecified atom stereocenters. The average Bonchev–Trinajstić information content (AvgIpc) is 2.92. The van der Waals surface area contributed by atoms with Gasteiger partial charge >= 0.3 is 5.97 Å². The minimum absolute atomic E-state index is 0.172. The van der Waals surface area contributed by atoms with Crippen LogP contribution in [0.4, 0.5) is 0 Å². The zero-order chi connectivity index (χ0) is 18.5. The quantitative estimate of drug-likeness (QED) is 0.487. The van der Waals surface area contributed by atoms with Gasteiger partial charge in [0.2, 0.25) is 17.0 Å². The Balaban J connectivity index is 2.15. The Kier molecular flexibility index (Phi) is 4.58. The summed E-state index contributed by atoms with van der Waals surface area (Å²) in [6, 6.07) is 0. The molecule has 2 aliphatic heterocycles. The maximum absolute atomic E-state index is 12.2. The third-order valence-electron chi connectivity index (χ3n) is 3.62. The molecule has 0 aromatic carbocycles. The van der Waals surface area contributed by atoms with Gasteiger partial charge in [-0.3, -0.25) is 14.5 Å². The van der Waals surface area contributed by atoms with Gasteiger partial charge < -0.3 is 10.4 Å². The molecule has 2 N–H and O–H groups in total. The average molecular weight is 449 g/mol. The molecule has 0 spiro atoms. The van der Waals surface area contributed by atoms with Crippen molar-refractivity contribution in [2.24, 2.45) is 7.05 Å². The first-order chi connectivity index (χ1) is 11.7. The maximum atomic E-state index is 12.2. The molecule has 0 bridgehead atoms. The van der Waals surface area contributed by atoms with Crippen LogP contribution in [0.3, 0.4) is 0 Å². The summed E-state index contributed by atoms with van der Waals surface area (Å²) < 4.78 is 1.38. The number of tetrazole rings is 1. The number of thioether (sulfide) groups is 2. The monoisotopic (exact) mass is 448 g/mol. The van der Waals surface area contributed by atoms with E-state index in [0.29, 0.717) is 5.16 Å². The standard InChI is InChI=1S/C12H13BrN6O4S2/c1-4(20)14-12(2)7(24-11-15-16-17-18(11)3)6(10(22)23)19-8(21)5(13)9(19)25-12/h5,9H,1-3H3,(H,14,20)(H,22,23)/t5?,9-,12?/m1/s1. The fourth-order valence-corrected chi connectivity index (χ4v) is 6.02. The number of aliphatic carboxylic acids is 1. The number of hydrogen-bond donors (Lipinski definition) is 2. The summed E-state index contributed by atoms with van der Waals surface area (Å²) in [6.45, 7) is 3.05. The van der Waals surface area contributed by atoms with Crippen molar-refractivity contribution in [1.82, 2.24) is 30.4 Å². The van der Waals surface area contributed by atoms with Crippen LogP contribution in [0.25, 0.3) is 0 Å². The van der Waals surface area contributed by atoms with Crippen LogP contribution in [-0.4, -0.2) is 63.1 Å². The van der Waals surface area contributed by atoms with Gasteiger partial charge in [-0.05, 0) is 29.1 Å². The lowest BCUT2D eigenvalue weighted by Crippen LogP contribution is -2.66. The van der Waals surface area contributed by atoms with Gasteiger partial charge in [0.15, 0.2) is 0 Å². The zero-order valence-corrected chi connectivity index (χ0v) is 16.5. The lowest BCUT2D eigenvalue weighted by atomic mass is 10.1. The number of fused-ring (bicyclic) bond motifs is 1. The van der Waals surface area contributed by atoms with E-state index in [0.717, 1.165) is 11.8 Å². The molecule has 0 radical (unpaired) electrons. The molecule has 134 valence electrons. The molecule has 3 rings (SSSR count). The predicted molar refractivity (Wildman–Crippen MR) is 92.5 cm³/mol. The van der Waals surface area contributed by atoms with E-state index in [2.05, 4.69) is 36.8 Å². The highest BCUT2D eigenvalue weighted by molar-refractivity contribution is 9.10. The molecule has 3 atom stereocenters. The highest BCUT2D eigenvalue weighted by Crippen LogP contribution is 2.54. The minimum atomic E-state index is -1.26. The van der Waals surface area contributed by atoms with Crippen molar-refractivity contribution < 1.29 is 19.5 Å². The van der Waals surface area contributed by atoms with E-state index < -0.39 is 21.0 Å². The molecular weight excluding hydrogens is 436 g/mol. The molecule has 1 saturated heterocycles. The number of aryl methyl sites for hydroxylation is 1. The summed E-state index contributed by atoms with van der Waals surface area (Å²) in [6.07, 6.45) is 0. The van der Waals surface area contributed by atoms with Gasteiger partial charge in [0, 0.05) is 14.0 Å². The maximum Gasteiger partial charge on any atom is 0.353 e. The summed E-state index contributed by atoms with van der Waals surface area (Å²) in [5.74, 6) is -1.92. The molecule has 10 nitrogen and oxygen atoms in total. The van der Waals surface area contributed by atoms with Gasteiger partial charge in [-0.1, -0.05) is 15.9 Å². The second kappa shape index (κ2) is 6.29. The molecular formula is C12H13BrN6O4S2. The number of carboxylic acids is 1. The van der Waals surface area contributed by atoms with E-state index in [1.165, 1.54) is 28.3 Å². The van der Waals surface area contributed by atoms with E-state index >= 15 is 0 Å². The van der Waals surface area contributed by atoms with E-state index in [1.807, 2.05) is 0 Å². The van der Waals surface area contributed by atoms with Gasteiger partial charge in [0.05, 0.1) is 4.91 Å². The SMILES string of the molecule is CC(=O)NC1(C)S[C@@H]2C(Br)C(=O)N2C(C(=O)O)=C1Sc1nnnn1C. The second-order valence-corrected chi connectivity index (χ2v) is 9.00. The Labute approximate surface area is 158 Å². The smallest absolute Gasteiger partial charge is 0.353 e. The first kappa shape index (κ1) is 18.2. The van der Waals surface area contributed by atoms with Crippen molar-refractivity contribution in [1.29, 1.82) is 0 Å². The van der Waals surface area contributed by atoms with Crippen molar-refractivity contribution in [3.63, 3.8) is 0 Å². The van der Waals surface area contributed by atoms with Crippen molar-refractivity contribution in [3.05, 3.63) is 10.6 Å². The van der Waals surface area contributed by atoms with Crippen LogP contribution in [0.2, 0.25) is 0 Å². The summed E-state index contributed by atoms with van der Waals surface area (Å²) in [5.41, 5.74) is -0.172. The Morgan fingerprint density at radius 1 is 1.48 bits per heavy atom. The Morgan fingerprint density at radius 2 is 2.16 bits per heavy atom. The highest BCUT2D eigenvalue weighted by atomic mass is 79.9. The number of carbonyl (C=O) groups excluding carboxylic acids is 2. The number of alkyl halides is 1. The number of nitrogens with one attached hydrogen (secondary N) is 1. The number of amides is 2. The summed E-state index contributed by atoms with van der Waals surface area (Å²) >= 11 is 5.56. The van der Waals surface area contributed by atoms with Crippen LogP contribution in [0, 0.1) is 0 Å². The number of carbonyl (C=O) groups is 3. The summed E-state index contributed by atoms with van der Waals surface area (Å²) in [4.78, 5) is 35.8. The van der Waals surface area contributed by atoms with Crippen LogP contribution in [0.1, 0.15) is 13.8 Å². The van der Waals surface area contributed by atoms with Crippen molar-refractivity contribution in [2.75, 3.05) is 0 Å². The molecule has 3 heterocycles. The summed E-state index contributed by atoms with van der Waals surface area (Å²) in [5, 5.41) is 23.5. The minimum Gasteiger partial charge on any atom is -0.477 e. The van der Waals surface area contributed by atoms with Crippen LogP contribution in [0.5, 0.6) is 0 Å². The number of halogens is 1. The van der Waals surface area contributed by atoms with Crippen LogP contribution in [-0.2, 0) is 21.4 Å². The topological polar surface area (TPSA) is 130 Å². The second-order valence-electron chi connectivity index (χ2n) is 5.50. The number of nitrogens with zero attached hydrogens (tertiary/aromatic N) is 5. The van der Waals surface area contributed by atoms with E-state index in [4.69, 9.17) is 0 Å². The molecule has 1 aromatic heterocycles. The normalized spacial score (nSPS) is 28.5. The summed E-state index contributed by atoms with van der Waals surface area (Å²) in [7, 11) is 1.61. The van der Waals surface area contributed by atoms with E-state index in [-0.39, 0.29) is 22.4 Å². The molecule has 0 aliphatic carbocycles. The van der Waals surface area contributed by atoms with Gasteiger partial charge in [-0.15, -0.1) is 16.9 Å². The van der Waals surface area contributed by atoms with Gasteiger partial charge in [-0.2, -0.15) is 0 Å². The van der Waals surface area contributed by atoms with Crippen LogP contribution in [0.15, 0.2) is 15.8 Å². The predicted octanol–water partition coefficient (Wildman–Crippen LogP) is 0.129. The molecule has 25 heavy (non-hydrogen) atoms. The molecule has 2 aliphatic rings. The van der Waals surface area contributed by atoms with Crippen molar-refractivity contribution >= 4 is 57.2 Å². The Hall–Kier alpha value is -1.60. The van der Waals surface area contributed by atoms with Gasteiger partial charge in [0.1, 0.15) is 20.8 Å². The molecule has 1 fully saturated rings. The van der Waals surface area contributed by atoms with Gasteiger partial charge in [-0.25, -0.2) is 9.48 Å². The number of aromatic nitrogens is 4. The Bertz CT molecular complexity index is 813. The van der Waals surface area contributed by atoms with E-state index in [1.54, 1.807) is 14.0 Å².